The third kappa shape index (κ3) is 9.69. The van der Waals surface area contributed by atoms with E-state index in [-0.39, 0.29) is 39.3 Å². The van der Waals surface area contributed by atoms with Crippen molar-refractivity contribution in [3.05, 3.63) is 275 Å². The van der Waals surface area contributed by atoms with Gasteiger partial charge in [0.25, 0.3) is 0 Å². The Bertz CT molecular complexity index is 4890. The summed E-state index contributed by atoms with van der Waals surface area (Å²) in [6.45, 7) is 37.3. The van der Waals surface area contributed by atoms with Gasteiger partial charge in [0.2, 0.25) is 0 Å². The lowest BCUT2D eigenvalue weighted by molar-refractivity contribution is 0.521. The van der Waals surface area contributed by atoms with Crippen LogP contribution in [0, 0.1) is 0 Å². The minimum atomic E-state index is -0.346. The molecule has 0 radical (unpaired) electrons. The molecule has 3 heterocycles. The van der Waals surface area contributed by atoms with Crippen LogP contribution in [0.1, 0.15) is 155 Å². The summed E-state index contributed by atoms with van der Waals surface area (Å²) in [6, 6.07) is 88.4. The summed E-state index contributed by atoms with van der Waals surface area (Å²) in [6.07, 6.45) is 0. The fourth-order valence-corrected chi connectivity index (χ4v) is 15.6. The van der Waals surface area contributed by atoms with Gasteiger partial charge in [0, 0.05) is 83.7 Å². The minimum Gasteiger partial charge on any atom is -0.455 e. The van der Waals surface area contributed by atoms with E-state index < -0.39 is 0 Å². The van der Waals surface area contributed by atoms with Crippen LogP contribution in [0.5, 0.6) is 0 Å². The first-order valence-electron chi connectivity index (χ1n) is 33.6. The lowest BCUT2D eigenvalue weighted by Crippen LogP contribution is -2.62. The molecule has 15 rings (SSSR count). The van der Waals surface area contributed by atoms with E-state index >= 15 is 0 Å². The van der Waals surface area contributed by atoms with Crippen molar-refractivity contribution in [3.8, 4) is 33.4 Å². The molecular weight excluding hydrogens is 1130 g/mol. The highest BCUT2D eigenvalue weighted by molar-refractivity contribution is 6.94. The van der Waals surface area contributed by atoms with Crippen LogP contribution < -0.4 is 25.5 Å². The molecule has 1 aliphatic carbocycles. The van der Waals surface area contributed by atoms with E-state index in [2.05, 4.69) is 356 Å². The van der Waals surface area contributed by atoms with Crippen LogP contribution in [0.25, 0.3) is 55.3 Å². The zero-order valence-corrected chi connectivity index (χ0v) is 57.3. The van der Waals surface area contributed by atoms with Crippen LogP contribution in [-0.4, -0.2) is 6.85 Å². The summed E-state index contributed by atoms with van der Waals surface area (Å²) in [4.78, 5) is 7.89. The number of hydrogen-bond donors (Lipinski definition) is 0. The number of fused-ring (bicyclic) bond motifs is 10. The molecule has 1 aromatic heterocycles. The van der Waals surface area contributed by atoms with Crippen molar-refractivity contribution in [3.63, 3.8) is 0 Å². The highest BCUT2D eigenvalue weighted by atomic mass is 16.3. The van der Waals surface area contributed by atoms with Crippen molar-refractivity contribution in [2.24, 2.45) is 0 Å². The van der Waals surface area contributed by atoms with Crippen LogP contribution in [0.3, 0.4) is 0 Å². The summed E-state index contributed by atoms with van der Waals surface area (Å²) in [5.41, 5.74) is 29.8. The molecule has 2 aliphatic heterocycles. The fourth-order valence-electron chi connectivity index (χ4n) is 15.6. The van der Waals surface area contributed by atoms with E-state index in [1.165, 1.54) is 83.4 Å². The molecule has 93 heavy (non-hydrogen) atoms. The van der Waals surface area contributed by atoms with Crippen LogP contribution in [-0.2, 0) is 32.5 Å². The zero-order valence-electron chi connectivity index (χ0n) is 57.3. The van der Waals surface area contributed by atoms with Crippen LogP contribution in [0.2, 0.25) is 0 Å². The second-order valence-electron chi connectivity index (χ2n) is 31.8. The number of para-hydroxylation sites is 1. The number of benzene rings is 11. The Balaban J connectivity index is 1.12. The normalized spacial score (nSPS) is 14.8. The number of anilines is 8. The van der Waals surface area contributed by atoms with E-state index in [0.29, 0.717) is 0 Å². The van der Waals surface area contributed by atoms with Gasteiger partial charge in [0.1, 0.15) is 11.2 Å². The average Bonchev–Trinajstić information content (AvgIpc) is 1.35. The number of rotatable bonds is 7. The van der Waals surface area contributed by atoms with Crippen molar-refractivity contribution in [1.29, 1.82) is 0 Å². The SMILES string of the molecule is CC(C)(C)c1ccc(N(c2ccc(C(C)(C)C)cc2)c2ccc3c(c2)-c2c4c(cc5c2oc2ccccc25)N(c2ccc(C(C)(C)C)cc2-c2ccccc2)c2cc5c(cc2B4N3c2ccc(C(C)(C)C)cc2-c2ccccc2)C(C)(C)c2ccccc2C5(C)C)cc1. The molecule has 0 bridgehead atoms. The molecule has 3 aliphatic rings. The van der Waals surface area contributed by atoms with Crippen LogP contribution in [0.4, 0.5) is 45.5 Å². The highest BCUT2D eigenvalue weighted by Gasteiger charge is 2.51. The molecule has 5 heteroatoms. The van der Waals surface area contributed by atoms with Gasteiger partial charge in [-0.1, -0.05) is 256 Å². The van der Waals surface area contributed by atoms with Crippen molar-refractivity contribution < 1.29 is 4.42 Å². The van der Waals surface area contributed by atoms with Crippen molar-refractivity contribution >= 4 is 85.2 Å². The zero-order chi connectivity index (χ0) is 65.1. The molecule has 11 aromatic carbocycles. The molecule has 0 saturated heterocycles. The largest absolute Gasteiger partial charge is 0.455 e. The van der Waals surface area contributed by atoms with E-state index in [9.17, 15) is 0 Å². The Hall–Kier alpha value is -9.32. The quantitative estimate of drug-likeness (QED) is 0.148. The Morgan fingerprint density at radius 1 is 0.355 bits per heavy atom. The number of furan rings is 1. The maximum Gasteiger partial charge on any atom is 0.333 e. The molecule has 4 nitrogen and oxygen atoms in total. The van der Waals surface area contributed by atoms with Gasteiger partial charge in [0.15, 0.2) is 0 Å². The molecule has 0 saturated carbocycles. The Morgan fingerprint density at radius 2 is 0.796 bits per heavy atom. The monoisotopic (exact) mass is 1210 g/mol. The van der Waals surface area contributed by atoms with Gasteiger partial charge in [-0.3, -0.25) is 0 Å². The second-order valence-corrected chi connectivity index (χ2v) is 31.8. The lowest BCUT2D eigenvalue weighted by atomic mass is 9.42. The summed E-state index contributed by atoms with van der Waals surface area (Å²) in [7, 11) is 0. The topological polar surface area (TPSA) is 22.9 Å². The second kappa shape index (κ2) is 21.1. The maximum absolute atomic E-state index is 7.54. The third-order valence-corrected chi connectivity index (χ3v) is 20.9. The first-order chi connectivity index (χ1) is 44.2. The third-order valence-electron chi connectivity index (χ3n) is 20.9. The maximum atomic E-state index is 7.54. The molecule has 0 amide bonds. The smallest absolute Gasteiger partial charge is 0.333 e. The Morgan fingerprint density at radius 3 is 1.33 bits per heavy atom. The van der Waals surface area contributed by atoms with Gasteiger partial charge in [-0.25, -0.2) is 0 Å². The van der Waals surface area contributed by atoms with Crippen LogP contribution in [0.15, 0.2) is 235 Å². The van der Waals surface area contributed by atoms with Crippen molar-refractivity contribution in [2.75, 3.05) is 14.6 Å². The summed E-state index contributed by atoms with van der Waals surface area (Å²) < 4.78 is 7.54. The van der Waals surface area contributed by atoms with E-state index in [0.717, 1.165) is 72.9 Å². The van der Waals surface area contributed by atoms with Gasteiger partial charge < -0.3 is 19.0 Å². The summed E-state index contributed by atoms with van der Waals surface area (Å²) >= 11 is 0. The molecule has 462 valence electrons. The molecule has 0 atom stereocenters. The lowest BCUT2D eigenvalue weighted by Gasteiger charge is -2.49. The van der Waals surface area contributed by atoms with Gasteiger partial charge in [-0.15, -0.1) is 0 Å². The van der Waals surface area contributed by atoms with E-state index in [1.54, 1.807) is 0 Å². The van der Waals surface area contributed by atoms with Crippen molar-refractivity contribution in [2.45, 2.75) is 143 Å². The summed E-state index contributed by atoms with van der Waals surface area (Å²) in [5.74, 6) is 0. The van der Waals surface area contributed by atoms with Crippen LogP contribution >= 0.6 is 0 Å². The van der Waals surface area contributed by atoms with E-state index in [4.69, 9.17) is 4.42 Å². The number of nitrogens with zero attached hydrogens (tertiary/aromatic N) is 3. The standard InChI is InChI=1S/C88H86BN3O/c1-83(2,3)57-35-41-61(42-36-57)90(62-43-37-58(38-44-62)84(4,5)6)63-45-48-76-68(51-63)80-81-78(52-67-64-31-23-26-34-79(64)93-82(67)80)91(74-46-39-59(85(7,8)9)49-65(74)55-27-19-17-20-28-55)77-54-72-71(87(13,14)69-32-24-25-33-70(69)88(72,15)16)53-73(77)89(81)92(76)75-47-40-60(86(10,11)12)50-66(75)56-29-21-18-22-30-56/h17-54H,1-16H3. The van der Waals surface area contributed by atoms with E-state index in [1.807, 2.05) is 0 Å². The summed E-state index contributed by atoms with van der Waals surface area (Å²) in [5, 5.41) is 2.18. The Labute approximate surface area is 552 Å². The van der Waals surface area contributed by atoms with Gasteiger partial charge in [-0.2, -0.15) is 0 Å². The minimum absolute atomic E-state index is 0.0175. The van der Waals surface area contributed by atoms with Gasteiger partial charge in [-0.05, 0) is 173 Å². The molecular formula is C88H86BN3O. The molecule has 0 spiro atoms. The van der Waals surface area contributed by atoms with Gasteiger partial charge in [0.05, 0.1) is 5.69 Å². The first kappa shape index (κ1) is 60.0. The highest BCUT2D eigenvalue weighted by Crippen LogP contribution is 2.57. The average molecular weight is 1210 g/mol. The number of hydrogen-bond acceptors (Lipinski definition) is 4. The Kier molecular flexibility index (Phi) is 13.6. The first-order valence-corrected chi connectivity index (χ1v) is 33.6. The predicted octanol–water partition coefficient (Wildman–Crippen LogP) is 23.3. The molecule has 0 N–H and O–H groups in total. The fraction of sp³-hybridized carbons (Fsp3) is 0.250. The molecule has 12 aromatic rings. The molecule has 0 unspecified atom stereocenters. The predicted molar refractivity (Wildman–Crippen MR) is 398 cm³/mol. The van der Waals surface area contributed by atoms with Gasteiger partial charge >= 0.3 is 6.85 Å². The van der Waals surface area contributed by atoms with Crippen molar-refractivity contribution in [1.82, 2.24) is 0 Å². The molecule has 0 fully saturated rings.